The smallest absolute Gasteiger partial charge is 0.258 e. The highest BCUT2D eigenvalue weighted by Crippen LogP contribution is 2.29. The number of nitrogens with zero attached hydrogens (tertiary/aromatic N) is 4. The van der Waals surface area contributed by atoms with Crippen LogP contribution in [0.25, 0.3) is 0 Å². The summed E-state index contributed by atoms with van der Waals surface area (Å²) in [5.41, 5.74) is 1.87. The molecule has 1 aliphatic heterocycles. The lowest BCUT2D eigenvalue weighted by Gasteiger charge is -2.22. The Hall–Kier alpha value is -3.23. The van der Waals surface area contributed by atoms with Gasteiger partial charge in [0.05, 0.1) is 29.0 Å². The Bertz CT molecular complexity index is 1160. The molecule has 178 valence electrons. The molecule has 1 amide bonds. The molecule has 3 aromatic rings. The monoisotopic (exact) mass is 483 g/mol. The standard InChI is InChI=1S/C25H27ClFN5O2/c1-28-10-8-23(17-5-3-6-18(27)13-17)34-19-14-21(26)22(30-15-19)16-32-12-11-31(2)24-20(25(32)33)7-4-9-29-24/h3-7,9,13-15,23,28H,8,10-12,16H2,1-2H3/t23-/m0/s1. The minimum atomic E-state index is -0.362. The topological polar surface area (TPSA) is 70.6 Å². The van der Waals surface area contributed by atoms with Crippen LogP contribution in [0.5, 0.6) is 5.75 Å². The molecule has 0 saturated heterocycles. The average Bonchev–Trinajstić information content (AvgIpc) is 2.95. The first-order valence-corrected chi connectivity index (χ1v) is 11.5. The second kappa shape index (κ2) is 10.8. The van der Waals surface area contributed by atoms with Crippen LogP contribution in [0.1, 0.15) is 34.1 Å². The first kappa shape index (κ1) is 23.9. The summed E-state index contributed by atoms with van der Waals surface area (Å²) < 4.78 is 19.9. The Labute approximate surface area is 203 Å². The summed E-state index contributed by atoms with van der Waals surface area (Å²) in [5, 5.41) is 3.50. The number of hydrogen-bond acceptors (Lipinski definition) is 6. The number of fused-ring (bicyclic) bond motifs is 1. The van der Waals surface area contributed by atoms with Crippen LogP contribution in [0, 0.1) is 5.82 Å². The third kappa shape index (κ3) is 5.46. The summed E-state index contributed by atoms with van der Waals surface area (Å²) in [6, 6.07) is 11.6. The highest BCUT2D eigenvalue weighted by molar-refractivity contribution is 6.31. The third-order valence-corrected chi connectivity index (χ3v) is 6.09. The van der Waals surface area contributed by atoms with Crippen molar-refractivity contribution in [3.05, 3.63) is 82.5 Å². The van der Waals surface area contributed by atoms with E-state index in [0.717, 1.165) is 5.56 Å². The normalized spacial score (nSPS) is 14.5. The van der Waals surface area contributed by atoms with E-state index < -0.39 is 0 Å². The van der Waals surface area contributed by atoms with Gasteiger partial charge in [0, 0.05) is 38.8 Å². The van der Waals surface area contributed by atoms with E-state index in [-0.39, 0.29) is 24.4 Å². The molecule has 9 heteroatoms. The molecule has 0 bridgehead atoms. The van der Waals surface area contributed by atoms with Crippen molar-refractivity contribution in [2.75, 3.05) is 38.6 Å². The molecular weight excluding hydrogens is 457 g/mol. The zero-order chi connectivity index (χ0) is 24.1. The van der Waals surface area contributed by atoms with E-state index in [2.05, 4.69) is 15.3 Å². The molecule has 34 heavy (non-hydrogen) atoms. The fourth-order valence-electron chi connectivity index (χ4n) is 3.92. The van der Waals surface area contributed by atoms with Gasteiger partial charge in [-0.05, 0) is 43.4 Å². The van der Waals surface area contributed by atoms with Gasteiger partial charge < -0.3 is 19.9 Å². The van der Waals surface area contributed by atoms with Crippen LogP contribution in [0.3, 0.4) is 0 Å². The number of anilines is 1. The van der Waals surface area contributed by atoms with Crippen LogP contribution in [-0.4, -0.2) is 54.5 Å². The molecular formula is C25H27ClFN5O2. The van der Waals surface area contributed by atoms with Crippen LogP contribution >= 0.6 is 11.6 Å². The van der Waals surface area contributed by atoms with Gasteiger partial charge in [-0.25, -0.2) is 9.37 Å². The number of pyridine rings is 2. The summed E-state index contributed by atoms with van der Waals surface area (Å²) in [7, 11) is 3.77. The SMILES string of the molecule is CNCC[C@H](Oc1cnc(CN2CCN(C)c3ncccc3C2=O)c(Cl)c1)c1cccc(F)c1. The van der Waals surface area contributed by atoms with Crippen LogP contribution < -0.4 is 15.0 Å². The lowest BCUT2D eigenvalue weighted by Crippen LogP contribution is -2.33. The first-order valence-electron chi connectivity index (χ1n) is 11.1. The minimum absolute atomic E-state index is 0.108. The highest BCUT2D eigenvalue weighted by Gasteiger charge is 2.26. The maximum Gasteiger partial charge on any atom is 0.258 e. The zero-order valence-corrected chi connectivity index (χ0v) is 19.9. The Morgan fingerprint density at radius 3 is 2.82 bits per heavy atom. The number of carbonyl (C=O) groups excluding carboxylic acids is 1. The van der Waals surface area contributed by atoms with Gasteiger partial charge in [0.2, 0.25) is 0 Å². The van der Waals surface area contributed by atoms with E-state index in [1.807, 2.05) is 25.1 Å². The molecule has 7 nitrogen and oxygen atoms in total. The van der Waals surface area contributed by atoms with Crippen molar-refractivity contribution < 1.29 is 13.9 Å². The van der Waals surface area contributed by atoms with Crippen molar-refractivity contribution in [2.45, 2.75) is 19.1 Å². The van der Waals surface area contributed by atoms with Gasteiger partial charge in [0.15, 0.2) is 0 Å². The molecule has 4 rings (SSSR count). The van der Waals surface area contributed by atoms with Crippen LogP contribution in [0.2, 0.25) is 5.02 Å². The maximum absolute atomic E-state index is 13.8. The van der Waals surface area contributed by atoms with Crippen molar-refractivity contribution in [2.24, 2.45) is 0 Å². The number of nitrogens with one attached hydrogen (secondary N) is 1. The summed E-state index contributed by atoms with van der Waals surface area (Å²) in [6.07, 6.45) is 3.56. The maximum atomic E-state index is 13.8. The summed E-state index contributed by atoms with van der Waals surface area (Å²) in [5.74, 6) is 0.730. The van der Waals surface area contributed by atoms with Gasteiger partial charge in [-0.3, -0.25) is 9.78 Å². The van der Waals surface area contributed by atoms with Crippen molar-refractivity contribution in [3.63, 3.8) is 0 Å². The molecule has 0 saturated carbocycles. The lowest BCUT2D eigenvalue weighted by molar-refractivity contribution is 0.0752. The Morgan fingerprint density at radius 1 is 1.21 bits per heavy atom. The van der Waals surface area contributed by atoms with Crippen LogP contribution in [0.4, 0.5) is 10.2 Å². The largest absolute Gasteiger partial charge is 0.484 e. The van der Waals surface area contributed by atoms with Gasteiger partial charge in [0.1, 0.15) is 23.5 Å². The van der Waals surface area contributed by atoms with Gasteiger partial charge in [-0.1, -0.05) is 23.7 Å². The first-order chi connectivity index (χ1) is 16.5. The predicted octanol–water partition coefficient (Wildman–Crippen LogP) is 4.09. The molecule has 1 aliphatic rings. The zero-order valence-electron chi connectivity index (χ0n) is 19.2. The number of amides is 1. The number of carbonyl (C=O) groups is 1. The molecule has 0 spiro atoms. The van der Waals surface area contributed by atoms with Gasteiger partial charge >= 0.3 is 0 Å². The Balaban J connectivity index is 1.51. The molecule has 0 radical (unpaired) electrons. The number of aromatic nitrogens is 2. The Morgan fingerprint density at radius 2 is 2.06 bits per heavy atom. The van der Waals surface area contributed by atoms with E-state index in [1.54, 1.807) is 41.6 Å². The number of likely N-dealkylation sites (N-methyl/N-ethyl adjacent to an activating group) is 1. The molecule has 0 fully saturated rings. The second-order valence-corrected chi connectivity index (χ2v) is 8.58. The van der Waals surface area contributed by atoms with Crippen LogP contribution in [-0.2, 0) is 6.54 Å². The van der Waals surface area contributed by atoms with Crippen molar-refractivity contribution in [3.8, 4) is 5.75 Å². The number of ether oxygens (including phenoxy) is 1. The molecule has 0 aliphatic carbocycles. The number of rotatable bonds is 8. The van der Waals surface area contributed by atoms with E-state index in [0.29, 0.717) is 53.9 Å². The quantitative estimate of drug-likeness (QED) is 0.520. The van der Waals surface area contributed by atoms with Crippen molar-refractivity contribution >= 4 is 23.3 Å². The Kier molecular flexibility index (Phi) is 7.59. The summed E-state index contributed by atoms with van der Waals surface area (Å²) in [6.45, 7) is 2.14. The lowest BCUT2D eigenvalue weighted by atomic mass is 10.1. The van der Waals surface area contributed by atoms with Crippen molar-refractivity contribution in [1.82, 2.24) is 20.2 Å². The van der Waals surface area contributed by atoms with Crippen LogP contribution in [0.15, 0.2) is 54.9 Å². The van der Waals surface area contributed by atoms with E-state index in [4.69, 9.17) is 16.3 Å². The predicted molar refractivity (Wildman–Crippen MR) is 130 cm³/mol. The summed E-state index contributed by atoms with van der Waals surface area (Å²) >= 11 is 6.55. The highest BCUT2D eigenvalue weighted by atomic mass is 35.5. The third-order valence-electron chi connectivity index (χ3n) is 5.76. The molecule has 2 aromatic heterocycles. The fourth-order valence-corrected chi connectivity index (χ4v) is 4.13. The van der Waals surface area contributed by atoms with Gasteiger partial charge in [-0.2, -0.15) is 0 Å². The van der Waals surface area contributed by atoms with E-state index in [1.165, 1.54) is 12.1 Å². The fraction of sp³-hybridized carbons (Fsp3) is 0.320. The number of halogens is 2. The average molecular weight is 484 g/mol. The number of hydrogen-bond donors (Lipinski definition) is 1. The minimum Gasteiger partial charge on any atom is -0.484 e. The molecule has 0 unspecified atom stereocenters. The molecule has 3 heterocycles. The van der Waals surface area contributed by atoms with E-state index in [9.17, 15) is 9.18 Å². The number of benzene rings is 1. The van der Waals surface area contributed by atoms with Gasteiger partial charge in [0.25, 0.3) is 5.91 Å². The molecule has 1 N–H and O–H groups in total. The second-order valence-electron chi connectivity index (χ2n) is 8.18. The van der Waals surface area contributed by atoms with Crippen molar-refractivity contribution in [1.29, 1.82) is 0 Å². The summed E-state index contributed by atoms with van der Waals surface area (Å²) in [4.78, 5) is 25.7. The van der Waals surface area contributed by atoms with Gasteiger partial charge in [-0.15, -0.1) is 0 Å². The molecule has 1 atom stereocenters. The van der Waals surface area contributed by atoms with E-state index >= 15 is 0 Å². The molecule has 1 aromatic carbocycles.